The van der Waals surface area contributed by atoms with Crippen molar-refractivity contribution in [1.82, 2.24) is 4.98 Å². The third-order valence-electron chi connectivity index (χ3n) is 3.54. The van der Waals surface area contributed by atoms with Crippen LogP contribution < -0.4 is 22.5 Å². The summed E-state index contributed by atoms with van der Waals surface area (Å²) in [5, 5.41) is 2.99. The molecule has 3 rings (SSSR count). The Bertz CT molecular complexity index is 912. The molecular formula is C16H15N5O2. The molecule has 1 aromatic heterocycles. The second-order valence-electron chi connectivity index (χ2n) is 5.11. The Morgan fingerprint density at radius 3 is 2.22 bits per heavy atom. The van der Waals surface area contributed by atoms with Crippen LogP contribution in [-0.2, 0) is 0 Å². The van der Waals surface area contributed by atoms with Gasteiger partial charge in [0.25, 0.3) is 5.91 Å². The summed E-state index contributed by atoms with van der Waals surface area (Å²) < 4.78 is 0. The first kappa shape index (κ1) is 14.5. The van der Waals surface area contributed by atoms with Crippen LogP contribution in [-0.4, -0.2) is 16.9 Å². The smallest absolute Gasteiger partial charge is 0.317 e. The molecule has 7 nitrogen and oxygen atoms in total. The van der Waals surface area contributed by atoms with Crippen LogP contribution >= 0.6 is 0 Å². The number of carbonyl (C=O) groups excluding carboxylic acids is 2. The monoisotopic (exact) mass is 309 g/mol. The van der Waals surface area contributed by atoms with Gasteiger partial charge in [-0.15, -0.1) is 0 Å². The van der Waals surface area contributed by atoms with Gasteiger partial charge < -0.3 is 22.2 Å². The minimum atomic E-state index is -0.780. The Labute approximate surface area is 131 Å². The van der Waals surface area contributed by atoms with Gasteiger partial charge in [-0.05, 0) is 29.3 Å². The lowest BCUT2D eigenvalue weighted by atomic mass is 10.0. The molecule has 7 heteroatoms. The SMILES string of the molecule is NC(=O)Nc1[nH]c2cc(-c3ccc(N)cc3)ccc2c1C(N)=O. The van der Waals surface area contributed by atoms with Crippen molar-refractivity contribution in [3.63, 3.8) is 0 Å². The molecule has 0 fully saturated rings. The quantitative estimate of drug-likeness (QED) is 0.472. The van der Waals surface area contributed by atoms with Gasteiger partial charge in [-0.2, -0.15) is 0 Å². The van der Waals surface area contributed by atoms with Crippen molar-refractivity contribution >= 4 is 34.3 Å². The second kappa shape index (κ2) is 5.38. The van der Waals surface area contributed by atoms with Gasteiger partial charge in [0.05, 0.1) is 5.56 Å². The minimum Gasteiger partial charge on any atom is -0.399 e. The predicted octanol–water partition coefficient (Wildman–Crippen LogP) is 2.01. The number of anilines is 2. The highest BCUT2D eigenvalue weighted by molar-refractivity contribution is 6.13. The molecule has 0 aliphatic carbocycles. The molecule has 0 aliphatic rings. The van der Waals surface area contributed by atoms with E-state index in [-0.39, 0.29) is 11.4 Å². The van der Waals surface area contributed by atoms with E-state index >= 15 is 0 Å². The lowest BCUT2D eigenvalue weighted by molar-refractivity contribution is 0.100. The summed E-state index contributed by atoms with van der Waals surface area (Å²) in [6.45, 7) is 0. The topological polar surface area (TPSA) is 140 Å². The van der Waals surface area contributed by atoms with Crippen molar-refractivity contribution in [3.05, 3.63) is 48.0 Å². The first-order valence-corrected chi connectivity index (χ1v) is 6.83. The zero-order chi connectivity index (χ0) is 16.6. The molecule has 0 saturated heterocycles. The molecule has 0 atom stereocenters. The number of benzene rings is 2. The molecule has 0 saturated carbocycles. The number of rotatable bonds is 3. The van der Waals surface area contributed by atoms with Gasteiger partial charge in [0.1, 0.15) is 5.82 Å². The van der Waals surface area contributed by atoms with Gasteiger partial charge in [-0.25, -0.2) is 4.79 Å². The third-order valence-corrected chi connectivity index (χ3v) is 3.54. The maximum absolute atomic E-state index is 11.7. The summed E-state index contributed by atoms with van der Waals surface area (Å²) in [5.74, 6) is -0.463. The first-order chi connectivity index (χ1) is 11.0. The molecule has 0 spiro atoms. The molecule has 1 heterocycles. The Balaban J connectivity index is 2.15. The van der Waals surface area contributed by atoms with Gasteiger partial charge in [-0.1, -0.05) is 24.3 Å². The molecule has 3 amide bonds. The van der Waals surface area contributed by atoms with Crippen LogP contribution in [0.5, 0.6) is 0 Å². The van der Waals surface area contributed by atoms with E-state index in [0.29, 0.717) is 16.6 Å². The van der Waals surface area contributed by atoms with Gasteiger partial charge in [-0.3, -0.25) is 10.1 Å². The van der Waals surface area contributed by atoms with E-state index in [0.717, 1.165) is 11.1 Å². The van der Waals surface area contributed by atoms with Crippen molar-refractivity contribution in [3.8, 4) is 11.1 Å². The lowest BCUT2D eigenvalue weighted by Crippen LogP contribution is -2.22. The van der Waals surface area contributed by atoms with Gasteiger partial charge in [0, 0.05) is 16.6 Å². The Kier molecular flexibility index (Phi) is 3.38. The fourth-order valence-corrected chi connectivity index (χ4v) is 2.53. The first-order valence-electron chi connectivity index (χ1n) is 6.83. The maximum atomic E-state index is 11.7. The number of amides is 3. The van der Waals surface area contributed by atoms with Crippen LogP contribution in [0.4, 0.5) is 16.3 Å². The Morgan fingerprint density at radius 1 is 0.957 bits per heavy atom. The van der Waals surface area contributed by atoms with Crippen LogP contribution in [0, 0.1) is 0 Å². The van der Waals surface area contributed by atoms with Gasteiger partial charge >= 0.3 is 6.03 Å². The van der Waals surface area contributed by atoms with E-state index in [4.69, 9.17) is 17.2 Å². The Morgan fingerprint density at radius 2 is 1.61 bits per heavy atom. The highest BCUT2D eigenvalue weighted by atomic mass is 16.2. The number of nitrogens with two attached hydrogens (primary N) is 3. The van der Waals surface area contributed by atoms with Gasteiger partial charge in [0.2, 0.25) is 0 Å². The number of H-pyrrole nitrogens is 1. The largest absolute Gasteiger partial charge is 0.399 e. The average molecular weight is 309 g/mol. The van der Waals surface area contributed by atoms with Gasteiger partial charge in [0.15, 0.2) is 0 Å². The van der Waals surface area contributed by atoms with Crippen LogP contribution in [0.1, 0.15) is 10.4 Å². The van der Waals surface area contributed by atoms with E-state index in [1.165, 1.54) is 0 Å². The van der Waals surface area contributed by atoms with Crippen LogP contribution in [0.25, 0.3) is 22.0 Å². The predicted molar refractivity (Wildman–Crippen MR) is 89.9 cm³/mol. The molecule has 0 bridgehead atoms. The van der Waals surface area contributed by atoms with Crippen LogP contribution in [0.2, 0.25) is 0 Å². The molecule has 0 unspecified atom stereocenters. The van der Waals surface area contributed by atoms with Crippen LogP contribution in [0.3, 0.4) is 0 Å². The minimum absolute atomic E-state index is 0.189. The van der Waals surface area contributed by atoms with Crippen molar-refractivity contribution in [1.29, 1.82) is 0 Å². The molecule has 0 aliphatic heterocycles. The molecule has 2 aromatic carbocycles. The van der Waals surface area contributed by atoms with Crippen LogP contribution in [0.15, 0.2) is 42.5 Å². The molecule has 23 heavy (non-hydrogen) atoms. The summed E-state index contributed by atoms with van der Waals surface area (Å²) in [4.78, 5) is 25.7. The fourth-order valence-electron chi connectivity index (χ4n) is 2.53. The van der Waals surface area contributed by atoms with E-state index in [1.807, 2.05) is 36.4 Å². The number of hydrogen-bond acceptors (Lipinski definition) is 3. The zero-order valence-electron chi connectivity index (χ0n) is 12.1. The number of nitrogens with one attached hydrogen (secondary N) is 2. The molecule has 116 valence electrons. The summed E-state index contributed by atoms with van der Waals surface area (Å²) in [6, 6.07) is 12.1. The number of fused-ring (bicyclic) bond motifs is 1. The molecular weight excluding hydrogens is 294 g/mol. The second-order valence-corrected chi connectivity index (χ2v) is 5.11. The average Bonchev–Trinajstić information content (AvgIpc) is 2.84. The molecule has 3 aromatic rings. The van der Waals surface area contributed by atoms with Crippen molar-refractivity contribution in [2.45, 2.75) is 0 Å². The van der Waals surface area contributed by atoms with E-state index in [2.05, 4.69) is 10.3 Å². The summed E-state index contributed by atoms with van der Waals surface area (Å²) in [6.07, 6.45) is 0. The van der Waals surface area contributed by atoms with E-state index in [9.17, 15) is 9.59 Å². The number of aromatic amines is 1. The van der Waals surface area contributed by atoms with E-state index < -0.39 is 11.9 Å². The number of nitrogen functional groups attached to an aromatic ring is 1. The summed E-state index contributed by atoms with van der Waals surface area (Å²) in [7, 11) is 0. The number of hydrogen-bond donors (Lipinski definition) is 5. The highest BCUT2D eigenvalue weighted by Gasteiger charge is 2.17. The maximum Gasteiger partial charge on any atom is 0.317 e. The summed E-state index contributed by atoms with van der Waals surface area (Å²) >= 11 is 0. The third kappa shape index (κ3) is 2.67. The van der Waals surface area contributed by atoms with Crippen molar-refractivity contribution in [2.24, 2.45) is 11.5 Å². The van der Waals surface area contributed by atoms with Crippen molar-refractivity contribution < 1.29 is 9.59 Å². The van der Waals surface area contributed by atoms with Crippen molar-refractivity contribution in [2.75, 3.05) is 11.1 Å². The summed E-state index contributed by atoms with van der Waals surface area (Å²) in [5.41, 5.74) is 19.7. The molecule has 8 N–H and O–H groups in total. The van der Waals surface area contributed by atoms with E-state index in [1.54, 1.807) is 6.07 Å². The normalized spacial score (nSPS) is 10.6. The highest BCUT2D eigenvalue weighted by Crippen LogP contribution is 2.30. The number of aromatic nitrogens is 1. The zero-order valence-corrected chi connectivity index (χ0v) is 12.1. The number of primary amides is 2. The number of urea groups is 1. The molecule has 0 radical (unpaired) electrons. The Hall–Kier alpha value is -3.48. The lowest BCUT2D eigenvalue weighted by Gasteiger charge is -2.03. The standard InChI is InChI=1S/C16H15N5O2/c17-10-4-1-8(2-5-10)9-3-6-11-12(7-9)20-15(21-16(19)23)13(11)14(18)22/h1-7,20H,17H2,(H2,18,22)(H3,19,21,23). The number of carbonyl (C=O) groups is 2. The fraction of sp³-hybridized carbons (Fsp3) is 0.